The zero-order valence-corrected chi connectivity index (χ0v) is 14.5. The van der Waals surface area contributed by atoms with E-state index in [0.717, 1.165) is 31.4 Å². The van der Waals surface area contributed by atoms with Gasteiger partial charge in [0, 0.05) is 12.0 Å². The fourth-order valence-electron chi connectivity index (χ4n) is 2.48. The minimum absolute atomic E-state index is 0. The molecule has 0 saturated carbocycles. The second-order valence-electron chi connectivity index (χ2n) is 6.01. The zero-order valence-electron chi connectivity index (χ0n) is 13.6. The van der Waals surface area contributed by atoms with Crippen molar-refractivity contribution in [1.82, 2.24) is 4.90 Å². The topological polar surface area (TPSA) is 20.3 Å². The largest absolute Gasteiger partial charge is 0.308 e. The van der Waals surface area contributed by atoms with Crippen LogP contribution in [-0.2, 0) is 4.79 Å². The van der Waals surface area contributed by atoms with Crippen LogP contribution in [0, 0.1) is 5.41 Å². The molecule has 0 saturated heterocycles. The van der Waals surface area contributed by atoms with Gasteiger partial charge in [-0.1, -0.05) is 63.1 Å². The lowest BCUT2D eigenvalue weighted by molar-refractivity contribution is -0.124. The predicted octanol–water partition coefficient (Wildman–Crippen LogP) is 4.45. The average Bonchev–Trinajstić information content (AvgIpc) is 2.43. The Morgan fingerprint density at radius 1 is 1.24 bits per heavy atom. The van der Waals surface area contributed by atoms with E-state index in [1.807, 2.05) is 50.5 Å². The van der Waals surface area contributed by atoms with Gasteiger partial charge >= 0.3 is 0 Å². The molecule has 0 spiro atoms. The lowest BCUT2D eigenvalue weighted by Crippen LogP contribution is -2.37. The summed E-state index contributed by atoms with van der Waals surface area (Å²) >= 11 is 0. The smallest absolute Gasteiger partial charge is 0.162 e. The van der Waals surface area contributed by atoms with Gasteiger partial charge in [-0.25, -0.2) is 0 Å². The third kappa shape index (κ3) is 6.92. The second kappa shape index (κ2) is 9.75. The SMILES string of the molecule is CCCCC(C)(CN(C)C)C(=O)/C=C/c1ccccc1.Cl. The number of rotatable bonds is 8. The zero-order chi connectivity index (χ0) is 15.0. The molecule has 0 aromatic heterocycles. The fourth-order valence-corrected chi connectivity index (χ4v) is 2.48. The minimum Gasteiger partial charge on any atom is -0.308 e. The average molecular weight is 310 g/mol. The molecule has 0 aliphatic rings. The molecule has 1 atom stereocenters. The molecule has 21 heavy (non-hydrogen) atoms. The molecule has 1 rings (SSSR count). The molecule has 0 fully saturated rings. The number of hydrogen-bond acceptors (Lipinski definition) is 2. The van der Waals surface area contributed by atoms with E-state index in [9.17, 15) is 4.79 Å². The van der Waals surface area contributed by atoms with Crippen LogP contribution in [-0.4, -0.2) is 31.3 Å². The summed E-state index contributed by atoms with van der Waals surface area (Å²) in [4.78, 5) is 14.7. The van der Waals surface area contributed by atoms with Crippen LogP contribution in [0.2, 0.25) is 0 Å². The lowest BCUT2D eigenvalue weighted by Gasteiger charge is -2.30. The van der Waals surface area contributed by atoms with Gasteiger partial charge in [0.1, 0.15) is 0 Å². The maximum Gasteiger partial charge on any atom is 0.162 e. The molecule has 0 bridgehead atoms. The van der Waals surface area contributed by atoms with Crippen molar-refractivity contribution < 1.29 is 4.79 Å². The van der Waals surface area contributed by atoms with Crippen LogP contribution >= 0.6 is 12.4 Å². The van der Waals surface area contributed by atoms with Crippen molar-refractivity contribution in [2.75, 3.05) is 20.6 Å². The van der Waals surface area contributed by atoms with Gasteiger partial charge < -0.3 is 4.90 Å². The Bertz CT molecular complexity index is 442. The first-order valence-corrected chi connectivity index (χ1v) is 7.40. The molecule has 0 radical (unpaired) electrons. The first kappa shape index (κ1) is 19.9. The number of carbonyl (C=O) groups is 1. The van der Waals surface area contributed by atoms with Crippen molar-refractivity contribution in [3.8, 4) is 0 Å². The Hall–Kier alpha value is -1.12. The van der Waals surface area contributed by atoms with Crippen LogP contribution in [0.15, 0.2) is 36.4 Å². The standard InChI is InChI=1S/C18H27NO.ClH/c1-5-6-14-18(2,15-19(3)4)17(20)13-12-16-10-8-7-9-11-16;/h7-13H,5-6,14-15H2,1-4H3;1H/b13-12+;. The number of allylic oxidation sites excluding steroid dienone is 1. The van der Waals surface area contributed by atoms with Crippen LogP contribution in [0.25, 0.3) is 6.08 Å². The normalized spacial score (nSPS) is 14.0. The van der Waals surface area contributed by atoms with Crippen molar-refractivity contribution in [3.05, 3.63) is 42.0 Å². The van der Waals surface area contributed by atoms with Gasteiger partial charge in [-0.3, -0.25) is 4.79 Å². The number of nitrogens with zero attached hydrogens (tertiary/aromatic N) is 1. The van der Waals surface area contributed by atoms with Crippen LogP contribution < -0.4 is 0 Å². The molecular formula is C18H28ClNO. The first-order valence-electron chi connectivity index (χ1n) is 7.40. The summed E-state index contributed by atoms with van der Waals surface area (Å²) in [6.45, 7) is 5.05. The molecule has 0 aliphatic heterocycles. The van der Waals surface area contributed by atoms with E-state index in [0.29, 0.717) is 0 Å². The summed E-state index contributed by atoms with van der Waals surface area (Å²) in [6, 6.07) is 9.98. The number of halogens is 1. The summed E-state index contributed by atoms with van der Waals surface area (Å²) in [5.74, 6) is 0.225. The van der Waals surface area contributed by atoms with Crippen molar-refractivity contribution >= 4 is 24.3 Å². The van der Waals surface area contributed by atoms with E-state index < -0.39 is 0 Å². The van der Waals surface area contributed by atoms with Gasteiger partial charge in [-0.2, -0.15) is 0 Å². The highest BCUT2D eigenvalue weighted by Gasteiger charge is 2.31. The molecule has 0 aliphatic carbocycles. The van der Waals surface area contributed by atoms with E-state index >= 15 is 0 Å². The first-order chi connectivity index (χ1) is 9.48. The molecule has 1 aromatic rings. The van der Waals surface area contributed by atoms with E-state index in [1.165, 1.54) is 0 Å². The molecule has 0 amide bonds. The Morgan fingerprint density at radius 3 is 2.38 bits per heavy atom. The Balaban J connectivity index is 0.00000400. The molecule has 118 valence electrons. The number of carbonyl (C=O) groups excluding carboxylic acids is 1. The molecule has 1 aromatic carbocycles. The van der Waals surface area contributed by atoms with Crippen molar-refractivity contribution in [1.29, 1.82) is 0 Å². The van der Waals surface area contributed by atoms with Gasteiger partial charge in [-0.05, 0) is 32.2 Å². The number of hydrogen-bond donors (Lipinski definition) is 0. The molecule has 1 unspecified atom stereocenters. The highest BCUT2D eigenvalue weighted by Crippen LogP contribution is 2.27. The summed E-state index contributed by atoms with van der Waals surface area (Å²) in [7, 11) is 4.05. The van der Waals surface area contributed by atoms with Crippen LogP contribution in [0.5, 0.6) is 0 Å². The van der Waals surface area contributed by atoms with Gasteiger partial charge in [-0.15, -0.1) is 12.4 Å². The third-order valence-corrected chi connectivity index (χ3v) is 3.57. The summed E-state index contributed by atoms with van der Waals surface area (Å²) in [6.07, 6.45) is 6.82. The number of unbranched alkanes of at least 4 members (excludes halogenated alkanes) is 1. The Kier molecular flexibility index (Phi) is 9.23. The second-order valence-corrected chi connectivity index (χ2v) is 6.01. The molecule has 3 heteroatoms. The Labute approximate surface area is 135 Å². The highest BCUT2D eigenvalue weighted by atomic mass is 35.5. The monoisotopic (exact) mass is 309 g/mol. The van der Waals surface area contributed by atoms with Gasteiger partial charge in [0.2, 0.25) is 0 Å². The van der Waals surface area contributed by atoms with Gasteiger partial charge in [0.15, 0.2) is 5.78 Å². The van der Waals surface area contributed by atoms with E-state index in [-0.39, 0.29) is 23.6 Å². The third-order valence-electron chi connectivity index (χ3n) is 3.57. The van der Waals surface area contributed by atoms with Crippen molar-refractivity contribution in [2.45, 2.75) is 33.1 Å². The maximum atomic E-state index is 12.6. The van der Waals surface area contributed by atoms with E-state index in [4.69, 9.17) is 0 Å². The summed E-state index contributed by atoms with van der Waals surface area (Å²) in [5, 5.41) is 0. The quantitative estimate of drug-likeness (QED) is 0.661. The van der Waals surface area contributed by atoms with Crippen LogP contribution in [0.3, 0.4) is 0 Å². The fraction of sp³-hybridized carbons (Fsp3) is 0.500. The van der Waals surface area contributed by atoms with Gasteiger partial charge in [0.25, 0.3) is 0 Å². The summed E-state index contributed by atoms with van der Waals surface area (Å²) < 4.78 is 0. The van der Waals surface area contributed by atoms with Crippen LogP contribution in [0.1, 0.15) is 38.7 Å². The predicted molar refractivity (Wildman–Crippen MR) is 93.9 cm³/mol. The van der Waals surface area contributed by atoms with E-state index in [1.54, 1.807) is 6.08 Å². The molecular weight excluding hydrogens is 282 g/mol. The maximum absolute atomic E-state index is 12.6. The minimum atomic E-state index is -0.287. The van der Waals surface area contributed by atoms with Crippen molar-refractivity contribution in [2.24, 2.45) is 5.41 Å². The van der Waals surface area contributed by atoms with Crippen LogP contribution in [0.4, 0.5) is 0 Å². The molecule has 2 nitrogen and oxygen atoms in total. The number of benzene rings is 1. The highest BCUT2D eigenvalue weighted by molar-refractivity contribution is 5.98. The molecule has 0 N–H and O–H groups in total. The number of ketones is 1. The van der Waals surface area contributed by atoms with Gasteiger partial charge in [0.05, 0.1) is 0 Å². The lowest BCUT2D eigenvalue weighted by atomic mass is 9.80. The van der Waals surface area contributed by atoms with E-state index in [2.05, 4.69) is 18.7 Å². The summed E-state index contributed by atoms with van der Waals surface area (Å²) in [5.41, 5.74) is 0.786. The molecule has 0 heterocycles. The van der Waals surface area contributed by atoms with Crippen molar-refractivity contribution in [3.63, 3.8) is 0 Å². The Morgan fingerprint density at radius 2 is 1.86 bits per heavy atom.